The molecule has 0 aliphatic carbocycles. The second-order valence-electron chi connectivity index (χ2n) is 5.67. The van der Waals surface area contributed by atoms with Crippen LogP contribution in [0.1, 0.15) is 11.1 Å². The highest BCUT2D eigenvalue weighted by atomic mass is 35.5. The number of benzene rings is 3. The van der Waals surface area contributed by atoms with Crippen molar-refractivity contribution < 1.29 is 9.84 Å². The van der Waals surface area contributed by atoms with E-state index in [0.717, 1.165) is 22.6 Å². The van der Waals surface area contributed by atoms with Crippen LogP contribution in [-0.2, 0) is 13.2 Å². The fraction of sp³-hybridized carbons (Fsp3) is 0.100. The molecule has 0 bridgehead atoms. The van der Waals surface area contributed by atoms with E-state index in [9.17, 15) is 5.11 Å². The van der Waals surface area contributed by atoms with Gasteiger partial charge in [0.1, 0.15) is 12.4 Å². The lowest BCUT2D eigenvalue weighted by Crippen LogP contribution is -2.01. The van der Waals surface area contributed by atoms with Crippen molar-refractivity contribution in [2.24, 2.45) is 0 Å². The second kappa shape index (κ2) is 7.81. The average molecular weight is 355 g/mol. The van der Waals surface area contributed by atoms with Gasteiger partial charge in [0.2, 0.25) is 0 Å². The molecule has 3 aromatic rings. The zero-order valence-corrected chi connectivity index (χ0v) is 14.3. The highest BCUT2D eigenvalue weighted by Gasteiger charge is 2.06. The molecule has 3 aromatic carbocycles. The molecule has 0 aromatic heterocycles. The van der Waals surface area contributed by atoms with Crippen LogP contribution in [0.25, 0.3) is 0 Å². The molecular weight excluding hydrogens is 336 g/mol. The zero-order valence-electron chi connectivity index (χ0n) is 13.6. The van der Waals surface area contributed by atoms with Crippen molar-refractivity contribution in [3.63, 3.8) is 0 Å². The maximum Gasteiger partial charge on any atom is 0.157 e. The molecular formula is C20H19ClN2O2. The molecule has 25 heavy (non-hydrogen) atoms. The molecule has 0 spiro atoms. The van der Waals surface area contributed by atoms with Crippen LogP contribution in [0.4, 0.5) is 11.4 Å². The third-order valence-electron chi connectivity index (χ3n) is 3.74. The quantitative estimate of drug-likeness (QED) is 0.337. The molecule has 3 rings (SSSR count). The first kappa shape index (κ1) is 17.0. The number of nitrogens with one attached hydrogen (secondary N) is 1. The number of phenols is 1. The molecule has 128 valence electrons. The summed E-state index contributed by atoms with van der Waals surface area (Å²) in [6, 6.07) is 21.2. The monoisotopic (exact) mass is 354 g/mol. The minimum atomic E-state index is -0.0940. The Balaban J connectivity index is 1.62. The van der Waals surface area contributed by atoms with Crippen molar-refractivity contribution in [2.75, 3.05) is 11.1 Å². The van der Waals surface area contributed by atoms with E-state index in [0.29, 0.717) is 13.2 Å². The molecule has 0 heterocycles. The SMILES string of the molecule is Nc1cc(NCc2cccc(OCc3ccccc3)c2)cc(Cl)c1O. The molecule has 0 radical (unpaired) electrons. The van der Waals surface area contributed by atoms with Gasteiger partial charge in [-0.2, -0.15) is 0 Å². The fourth-order valence-electron chi connectivity index (χ4n) is 2.41. The van der Waals surface area contributed by atoms with Gasteiger partial charge in [0.15, 0.2) is 5.75 Å². The summed E-state index contributed by atoms with van der Waals surface area (Å²) >= 11 is 5.94. The Hall–Kier alpha value is -2.85. The summed E-state index contributed by atoms with van der Waals surface area (Å²) < 4.78 is 5.84. The van der Waals surface area contributed by atoms with Gasteiger partial charge in [-0.25, -0.2) is 0 Å². The van der Waals surface area contributed by atoms with Gasteiger partial charge in [-0.05, 0) is 35.4 Å². The van der Waals surface area contributed by atoms with Crippen LogP contribution >= 0.6 is 11.6 Å². The summed E-state index contributed by atoms with van der Waals surface area (Å²) in [4.78, 5) is 0. The van der Waals surface area contributed by atoms with Gasteiger partial charge >= 0.3 is 0 Å². The van der Waals surface area contributed by atoms with E-state index in [-0.39, 0.29) is 16.5 Å². The van der Waals surface area contributed by atoms with E-state index >= 15 is 0 Å². The third kappa shape index (κ3) is 4.58. The van der Waals surface area contributed by atoms with Crippen LogP contribution in [0.15, 0.2) is 66.7 Å². The van der Waals surface area contributed by atoms with E-state index in [1.165, 1.54) is 0 Å². The van der Waals surface area contributed by atoms with E-state index in [1.54, 1.807) is 12.1 Å². The van der Waals surface area contributed by atoms with E-state index in [2.05, 4.69) is 5.32 Å². The Labute approximate surface area is 151 Å². The molecule has 0 unspecified atom stereocenters. The number of phenolic OH excluding ortho intramolecular Hbond substituents is 1. The summed E-state index contributed by atoms with van der Waals surface area (Å²) in [6.45, 7) is 1.12. The van der Waals surface area contributed by atoms with Gasteiger partial charge in [-0.15, -0.1) is 0 Å². The lowest BCUT2D eigenvalue weighted by molar-refractivity contribution is 0.306. The van der Waals surface area contributed by atoms with E-state index in [1.807, 2.05) is 54.6 Å². The van der Waals surface area contributed by atoms with Crippen LogP contribution in [0.2, 0.25) is 5.02 Å². The van der Waals surface area contributed by atoms with Gasteiger partial charge in [0, 0.05) is 12.2 Å². The maximum atomic E-state index is 9.60. The van der Waals surface area contributed by atoms with Crippen LogP contribution < -0.4 is 15.8 Å². The zero-order chi connectivity index (χ0) is 17.6. The number of hydrogen-bond donors (Lipinski definition) is 3. The van der Waals surface area contributed by atoms with Crippen LogP contribution in [0, 0.1) is 0 Å². The maximum absolute atomic E-state index is 9.60. The molecule has 5 heteroatoms. The minimum absolute atomic E-state index is 0.0940. The number of nitrogen functional groups attached to an aromatic ring is 1. The topological polar surface area (TPSA) is 67.5 Å². The third-order valence-corrected chi connectivity index (χ3v) is 4.02. The summed E-state index contributed by atoms with van der Waals surface area (Å²) in [7, 11) is 0. The molecule has 0 amide bonds. The normalized spacial score (nSPS) is 10.4. The van der Waals surface area contributed by atoms with Gasteiger partial charge < -0.3 is 20.9 Å². The van der Waals surface area contributed by atoms with Crippen LogP contribution in [0.3, 0.4) is 0 Å². The Morgan fingerprint density at radius 1 is 0.960 bits per heavy atom. The molecule has 0 saturated heterocycles. The minimum Gasteiger partial charge on any atom is -0.504 e. The molecule has 0 saturated carbocycles. The number of ether oxygens (including phenoxy) is 1. The van der Waals surface area contributed by atoms with E-state index < -0.39 is 0 Å². The van der Waals surface area contributed by atoms with Crippen molar-refractivity contribution in [3.05, 3.63) is 82.9 Å². The first-order chi connectivity index (χ1) is 12.1. The summed E-state index contributed by atoms with van der Waals surface area (Å²) in [5, 5.41) is 13.1. The second-order valence-corrected chi connectivity index (χ2v) is 6.08. The number of nitrogens with two attached hydrogens (primary N) is 1. The van der Waals surface area contributed by atoms with Gasteiger partial charge in [-0.3, -0.25) is 0 Å². The predicted octanol–water partition coefficient (Wildman–Crippen LogP) is 4.82. The Kier molecular flexibility index (Phi) is 5.31. The largest absolute Gasteiger partial charge is 0.504 e. The molecule has 0 aliphatic heterocycles. The number of hydrogen-bond acceptors (Lipinski definition) is 4. The summed E-state index contributed by atoms with van der Waals surface area (Å²) in [5.41, 5.74) is 8.89. The van der Waals surface area contributed by atoms with Crippen molar-refractivity contribution in [1.82, 2.24) is 0 Å². The molecule has 0 atom stereocenters. The van der Waals surface area contributed by atoms with Gasteiger partial charge in [0.25, 0.3) is 0 Å². The van der Waals surface area contributed by atoms with Crippen LogP contribution in [-0.4, -0.2) is 5.11 Å². The standard InChI is InChI=1S/C20H19ClN2O2/c21-18-10-16(11-19(22)20(18)24)23-12-15-7-4-8-17(9-15)25-13-14-5-2-1-3-6-14/h1-11,23-24H,12-13,22H2. The smallest absolute Gasteiger partial charge is 0.157 e. The number of aromatic hydroxyl groups is 1. The van der Waals surface area contributed by atoms with Crippen molar-refractivity contribution in [3.8, 4) is 11.5 Å². The van der Waals surface area contributed by atoms with Crippen molar-refractivity contribution in [1.29, 1.82) is 0 Å². The lowest BCUT2D eigenvalue weighted by Gasteiger charge is -2.11. The van der Waals surface area contributed by atoms with Crippen molar-refractivity contribution >= 4 is 23.0 Å². The average Bonchev–Trinajstić information content (AvgIpc) is 2.64. The Morgan fingerprint density at radius 3 is 2.48 bits per heavy atom. The highest BCUT2D eigenvalue weighted by molar-refractivity contribution is 6.32. The Morgan fingerprint density at radius 2 is 1.72 bits per heavy atom. The molecule has 0 aliphatic rings. The lowest BCUT2D eigenvalue weighted by atomic mass is 10.2. The van der Waals surface area contributed by atoms with Gasteiger partial charge in [0.05, 0.1) is 10.7 Å². The predicted molar refractivity (Wildman–Crippen MR) is 102 cm³/mol. The van der Waals surface area contributed by atoms with Crippen molar-refractivity contribution in [2.45, 2.75) is 13.2 Å². The highest BCUT2D eigenvalue weighted by Crippen LogP contribution is 2.33. The summed E-state index contributed by atoms with van der Waals surface area (Å²) in [6.07, 6.45) is 0. The first-order valence-electron chi connectivity index (χ1n) is 7.89. The van der Waals surface area contributed by atoms with E-state index in [4.69, 9.17) is 22.1 Å². The summed E-state index contributed by atoms with van der Waals surface area (Å²) in [5.74, 6) is 0.718. The number of anilines is 2. The Bertz CT molecular complexity index is 830. The molecule has 4 N–H and O–H groups in total. The number of rotatable bonds is 6. The molecule has 4 nitrogen and oxygen atoms in total. The molecule has 0 fully saturated rings. The van der Waals surface area contributed by atoms with Gasteiger partial charge in [-0.1, -0.05) is 54.1 Å². The first-order valence-corrected chi connectivity index (χ1v) is 8.27. The fourth-order valence-corrected chi connectivity index (χ4v) is 2.64. The number of halogens is 1. The van der Waals surface area contributed by atoms with Crippen LogP contribution in [0.5, 0.6) is 11.5 Å².